The lowest BCUT2D eigenvalue weighted by Crippen LogP contribution is -1.99. The topological polar surface area (TPSA) is 27.1 Å². The van der Waals surface area contributed by atoms with Gasteiger partial charge in [0.25, 0.3) is 0 Å². The van der Waals surface area contributed by atoms with Crippen LogP contribution in [0.25, 0.3) is 10.9 Å². The molecule has 0 aliphatic rings. The molecule has 19 heavy (non-hydrogen) atoms. The first kappa shape index (κ1) is 11.7. The summed E-state index contributed by atoms with van der Waals surface area (Å²) in [5, 5.41) is 1.10. The van der Waals surface area contributed by atoms with Crippen LogP contribution in [-0.4, -0.2) is 16.7 Å². The van der Waals surface area contributed by atoms with E-state index in [0.29, 0.717) is 6.54 Å². The van der Waals surface area contributed by atoms with Gasteiger partial charge in [-0.15, -0.1) is 0 Å². The summed E-state index contributed by atoms with van der Waals surface area (Å²) in [6.45, 7) is 0.598. The van der Waals surface area contributed by atoms with E-state index >= 15 is 0 Å². The number of pyridine rings is 1. The quantitative estimate of drug-likeness (QED) is 0.719. The van der Waals surface area contributed by atoms with Crippen molar-refractivity contribution in [3.05, 3.63) is 60.3 Å². The molecule has 0 atom stereocenters. The van der Waals surface area contributed by atoms with Crippen LogP contribution >= 0.6 is 0 Å². The first-order chi connectivity index (χ1) is 9.26. The molecule has 2 heterocycles. The standard InChI is InChI=1S/C15H13FN2O/c1-19-14-2-3-15-12(7-14)4-5-18(15)10-11-6-13(16)9-17-8-11/h2-9H,10H2,1H3. The van der Waals surface area contributed by atoms with Gasteiger partial charge in [-0.2, -0.15) is 0 Å². The highest BCUT2D eigenvalue weighted by atomic mass is 19.1. The summed E-state index contributed by atoms with van der Waals surface area (Å²) >= 11 is 0. The SMILES string of the molecule is COc1ccc2c(ccn2Cc2cncc(F)c2)c1. The lowest BCUT2D eigenvalue weighted by atomic mass is 10.2. The summed E-state index contributed by atoms with van der Waals surface area (Å²) in [4.78, 5) is 3.86. The Balaban J connectivity index is 1.97. The maximum Gasteiger partial charge on any atom is 0.141 e. The van der Waals surface area contributed by atoms with Crippen LogP contribution in [0.3, 0.4) is 0 Å². The number of rotatable bonds is 3. The molecule has 0 aliphatic heterocycles. The minimum absolute atomic E-state index is 0.310. The lowest BCUT2D eigenvalue weighted by molar-refractivity contribution is 0.415. The van der Waals surface area contributed by atoms with E-state index in [9.17, 15) is 4.39 Å². The number of hydrogen-bond acceptors (Lipinski definition) is 2. The van der Waals surface area contributed by atoms with Crippen molar-refractivity contribution in [3.63, 3.8) is 0 Å². The number of ether oxygens (including phenoxy) is 1. The van der Waals surface area contributed by atoms with Gasteiger partial charge >= 0.3 is 0 Å². The van der Waals surface area contributed by atoms with Crippen molar-refractivity contribution >= 4 is 10.9 Å². The van der Waals surface area contributed by atoms with Crippen LogP contribution in [0.5, 0.6) is 5.75 Å². The minimum Gasteiger partial charge on any atom is -0.497 e. The van der Waals surface area contributed by atoms with Crippen molar-refractivity contribution in [2.24, 2.45) is 0 Å². The van der Waals surface area contributed by atoms with Gasteiger partial charge < -0.3 is 9.30 Å². The van der Waals surface area contributed by atoms with Crippen molar-refractivity contribution in [2.75, 3.05) is 7.11 Å². The molecular weight excluding hydrogens is 243 g/mol. The second-order valence-corrected chi connectivity index (χ2v) is 4.38. The van der Waals surface area contributed by atoms with Crippen LogP contribution in [-0.2, 0) is 6.54 Å². The van der Waals surface area contributed by atoms with Gasteiger partial charge in [0.2, 0.25) is 0 Å². The zero-order valence-corrected chi connectivity index (χ0v) is 10.5. The predicted molar refractivity (Wildman–Crippen MR) is 71.8 cm³/mol. The summed E-state index contributed by atoms with van der Waals surface area (Å²) in [7, 11) is 1.65. The smallest absolute Gasteiger partial charge is 0.141 e. The summed E-state index contributed by atoms with van der Waals surface area (Å²) in [6, 6.07) is 9.42. The minimum atomic E-state index is -0.310. The molecule has 3 rings (SSSR count). The molecule has 0 fully saturated rings. The third-order valence-corrected chi connectivity index (χ3v) is 3.09. The molecule has 3 nitrogen and oxygen atoms in total. The van der Waals surface area contributed by atoms with E-state index in [0.717, 1.165) is 22.2 Å². The predicted octanol–water partition coefficient (Wildman–Crippen LogP) is 3.23. The molecule has 4 heteroatoms. The molecule has 0 unspecified atom stereocenters. The number of aromatic nitrogens is 2. The molecule has 3 aromatic rings. The van der Waals surface area contributed by atoms with Crippen molar-refractivity contribution in [2.45, 2.75) is 6.54 Å². The number of methoxy groups -OCH3 is 1. The van der Waals surface area contributed by atoms with Crippen LogP contribution < -0.4 is 4.74 Å². The van der Waals surface area contributed by atoms with Gasteiger partial charge in [-0.1, -0.05) is 0 Å². The Bertz CT molecular complexity index is 721. The van der Waals surface area contributed by atoms with E-state index in [1.165, 1.54) is 12.3 Å². The molecule has 0 saturated carbocycles. The third kappa shape index (κ3) is 2.29. The zero-order chi connectivity index (χ0) is 13.2. The Hall–Kier alpha value is -2.36. The van der Waals surface area contributed by atoms with Crippen molar-refractivity contribution < 1.29 is 9.13 Å². The largest absolute Gasteiger partial charge is 0.497 e. The fourth-order valence-electron chi connectivity index (χ4n) is 2.18. The summed E-state index contributed by atoms with van der Waals surface area (Å²) in [5.41, 5.74) is 1.93. The van der Waals surface area contributed by atoms with E-state index in [-0.39, 0.29) is 5.82 Å². The molecule has 0 aliphatic carbocycles. The van der Waals surface area contributed by atoms with E-state index in [1.807, 2.05) is 30.5 Å². The molecule has 96 valence electrons. The van der Waals surface area contributed by atoms with Crippen molar-refractivity contribution in [3.8, 4) is 5.75 Å². The summed E-state index contributed by atoms with van der Waals surface area (Å²) in [5.74, 6) is 0.522. The molecule has 0 N–H and O–H groups in total. The maximum absolute atomic E-state index is 13.1. The molecule has 2 aromatic heterocycles. The van der Waals surface area contributed by atoms with Crippen LogP contribution in [0.2, 0.25) is 0 Å². The number of fused-ring (bicyclic) bond motifs is 1. The third-order valence-electron chi connectivity index (χ3n) is 3.09. The normalized spacial score (nSPS) is 10.8. The lowest BCUT2D eigenvalue weighted by Gasteiger charge is -2.06. The summed E-state index contributed by atoms with van der Waals surface area (Å²) < 4.78 is 20.4. The zero-order valence-electron chi connectivity index (χ0n) is 10.5. The Morgan fingerprint density at radius 2 is 2.11 bits per heavy atom. The number of halogens is 1. The van der Waals surface area contributed by atoms with Crippen LogP contribution in [0.15, 0.2) is 48.9 Å². The molecule has 0 spiro atoms. The highest BCUT2D eigenvalue weighted by Crippen LogP contribution is 2.22. The Morgan fingerprint density at radius 3 is 2.89 bits per heavy atom. The number of hydrogen-bond donors (Lipinski definition) is 0. The Morgan fingerprint density at radius 1 is 1.21 bits per heavy atom. The highest BCUT2D eigenvalue weighted by Gasteiger charge is 2.04. The van der Waals surface area contributed by atoms with Gasteiger partial charge in [-0.25, -0.2) is 4.39 Å². The Kier molecular flexibility index (Phi) is 2.91. The first-order valence-electron chi connectivity index (χ1n) is 5.98. The monoisotopic (exact) mass is 256 g/mol. The van der Waals surface area contributed by atoms with Crippen LogP contribution in [0.4, 0.5) is 4.39 Å². The van der Waals surface area contributed by atoms with Gasteiger partial charge in [0, 0.05) is 29.8 Å². The fourth-order valence-corrected chi connectivity index (χ4v) is 2.18. The molecule has 0 saturated heterocycles. The van der Waals surface area contributed by atoms with E-state index in [4.69, 9.17) is 4.74 Å². The summed E-state index contributed by atoms with van der Waals surface area (Å²) in [6.07, 6.45) is 4.87. The number of nitrogens with zero attached hydrogens (tertiary/aromatic N) is 2. The second-order valence-electron chi connectivity index (χ2n) is 4.38. The van der Waals surface area contributed by atoms with E-state index in [2.05, 4.69) is 9.55 Å². The van der Waals surface area contributed by atoms with Crippen molar-refractivity contribution in [1.82, 2.24) is 9.55 Å². The average molecular weight is 256 g/mol. The average Bonchev–Trinajstić information content (AvgIpc) is 2.81. The second kappa shape index (κ2) is 4.72. The molecule has 0 amide bonds. The van der Waals surface area contributed by atoms with Gasteiger partial charge in [0.05, 0.1) is 13.3 Å². The van der Waals surface area contributed by atoms with E-state index in [1.54, 1.807) is 13.3 Å². The molecule has 0 radical (unpaired) electrons. The molecule has 1 aromatic carbocycles. The highest BCUT2D eigenvalue weighted by molar-refractivity contribution is 5.81. The molecular formula is C15H13FN2O. The molecule has 0 bridgehead atoms. The van der Waals surface area contributed by atoms with Crippen molar-refractivity contribution in [1.29, 1.82) is 0 Å². The van der Waals surface area contributed by atoms with Crippen LogP contribution in [0.1, 0.15) is 5.56 Å². The van der Waals surface area contributed by atoms with Gasteiger partial charge in [0.1, 0.15) is 11.6 Å². The van der Waals surface area contributed by atoms with E-state index < -0.39 is 0 Å². The fraction of sp³-hybridized carbons (Fsp3) is 0.133. The first-order valence-corrected chi connectivity index (χ1v) is 5.98. The van der Waals surface area contributed by atoms with Gasteiger partial charge in [0.15, 0.2) is 0 Å². The van der Waals surface area contributed by atoms with Gasteiger partial charge in [-0.05, 0) is 35.9 Å². The van der Waals surface area contributed by atoms with Gasteiger partial charge in [-0.3, -0.25) is 4.98 Å². The maximum atomic E-state index is 13.1. The number of benzene rings is 1. The Labute approximate surface area is 110 Å². The van der Waals surface area contributed by atoms with Crippen LogP contribution in [0, 0.1) is 5.82 Å².